The maximum Gasteiger partial charge on any atom is 0.406 e. The quantitative estimate of drug-likeness (QED) is 0.630. The molecule has 35 heavy (non-hydrogen) atoms. The fraction of sp³-hybridized carbons (Fsp3) is 0.435. The number of halogens is 5. The molecule has 0 spiro atoms. The first-order chi connectivity index (χ1) is 16.4. The maximum atomic E-state index is 14.1. The molecular formula is C23H22F5N3O4. The van der Waals surface area contributed by atoms with Crippen LogP contribution in [0.3, 0.4) is 0 Å². The highest BCUT2D eigenvalue weighted by Gasteiger charge is 2.46. The summed E-state index contributed by atoms with van der Waals surface area (Å²) in [6, 6.07) is 0.625. The molecule has 1 saturated carbocycles. The maximum absolute atomic E-state index is 14.1. The van der Waals surface area contributed by atoms with Crippen molar-refractivity contribution in [1.29, 1.82) is 0 Å². The molecule has 7 nitrogen and oxygen atoms in total. The average Bonchev–Trinajstić information content (AvgIpc) is 2.76. The molecule has 0 saturated heterocycles. The fourth-order valence-corrected chi connectivity index (χ4v) is 4.87. The third kappa shape index (κ3) is 4.61. The highest BCUT2D eigenvalue weighted by molar-refractivity contribution is 5.99. The van der Waals surface area contributed by atoms with Crippen molar-refractivity contribution in [3.63, 3.8) is 0 Å². The van der Waals surface area contributed by atoms with Crippen molar-refractivity contribution in [2.24, 2.45) is 0 Å². The number of carbonyl (C=O) groups excluding carboxylic acids is 2. The van der Waals surface area contributed by atoms with Crippen LogP contribution in [0.25, 0.3) is 0 Å². The summed E-state index contributed by atoms with van der Waals surface area (Å²) in [5, 5.41) is 12.7. The third-order valence-electron chi connectivity index (χ3n) is 6.43. The van der Waals surface area contributed by atoms with E-state index in [-0.39, 0.29) is 6.42 Å². The predicted octanol–water partition coefficient (Wildman–Crippen LogP) is 3.57. The lowest BCUT2D eigenvalue weighted by molar-refractivity contribution is -0.148. The van der Waals surface area contributed by atoms with Crippen LogP contribution in [0.15, 0.2) is 23.1 Å². The number of hydrogen-bond donors (Lipinski definition) is 2. The number of rotatable bonds is 4. The number of aryl methyl sites for hydroxylation is 1. The number of pyridine rings is 1. The van der Waals surface area contributed by atoms with Crippen molar-refractivity contribution in [2.75, 3.05) is 6.54 Å². The van der Waals surface area contributed by atoms with Gasteiger partial charge in [-0.2, -0.15) is 13.2 Å². The monoisotopic (exact) mass is 499 g/mol. The van der Waals surface area contributed by atoms with Gasteiger partial charge in [0.25, 0.3) is 11.8 Å². The minimum Gasteiger partial charge on any atom is -0.503 e. The van der Waals surface area contributed by atoms with Gasteiger partial charge < -0.3 is 19.9 Å². The Morgan fingerprint density at radius 2 is 1.71 bits per heavy atom. The summed E-state index contributed by atoms with van der Waals surface area (Å²) in [5.74, 6) is -5.15. The lowest BCUT2D eigenvalue weighted by Gasteiger charge is -2.46. The molecule has 0 radical (unpaired) electrons. The molecule has 4 rings (SSSR count). The Morgan fingerprint density at radius 1 is 1.11 bits per heavy atom. The second-order valence-electron chi connectivity index (χ2n) is 8.83. The van der Waals surface area contributed by atoms with E-state index < -0.39 is 82.8 Å². The molecule has 1 aliphatic heterocycles. The van der Waals surface area contributed by atoms with Crippen molar-refractivity contribution in [3.8, 4) is 5.75 Å². The van der Waals surface area contributed by atoms with Crippen LogP contribution in [0.2, 0.25) is 0 Å². The number of fused-ring (bicyclic) bond motifs is 3. The number of alkyl halides is 3. The lowest BCUT2D eigenvalue weighted by atomic mass is 9.86. The normalized spacial score (nSPS) is 19.8. The number of amides is 2. The van der Waals surface area contributed by atoms with Gasteiger partial charge in [0.05, 0.1) is 12.1 Å². The zero-order chi connectivity index (χ0) is 25.7. The topological polar surface area (TPSA) is 91.6 Å². The number of nitrogens with zero attached hydrogens (tertiary/aromatic N) is 2. The van der Waals surface area contributed by atoms with Crippen LogP contribution < -0.4 is 10.7 Å². The first kappa shape index (κ1) is 24.7. The SMILES string of the molecule is Cc1cc(F)c(CNC(=O)c2cn3c(c(O)c2=O)C(=O)N(CC(F)(F)F)[C@@H]2CCCC[C@@H]23)c(F)c1. The molecule has 2 N–H and O–H groups in total. The Bertz CT molecular complexity index is 1230. The third-order valence-corrected chi connectivity index (χ3v) is 6.43. The Hall–Kier alpha value is -3.44. The van der Waals surface area contributed by atoms with E-state index in [0.717, 1.165) is 18.3 Å². The predicted molar refractivity (Wildman–Crippen MR) is 113 cm³/mol. The molecule has 2 amide bonds. The van der Waals surface area contributed by atoms with E-state index in [1.165, 1.54) is 11.5 Å². The van der Waals surface area contributed by atoms with Gasteiger partial charge in [-0.3, -0.25) is 14.4 Å². The smallest absolute Gasteiger partial charge is 0.406 e. The molecule has 12 heteroatoms. The fourth-order valence-electron chi connectivity index (χ4n) is 4.87. The van der Waals surface area contributed by atoms with Crippen molar-refractivity contribution in [2.45, 2.75) is 57.4 Å². The first-order valence-electron chi connectivity index (χ1n) is 11.0. The van der Waals surface area contributed by atoms with Gasteiger partial charge in [-0.1, -0.05) is 12.8 Å². The number of carbonyl (C=O) groups is 2. The summed E-state index contributed by atoms with van der Waals surface area (Å²) >= 11 is 0. The minimum absolute atomic E-state index is 0.284. The Morgan fingerprint density at radius 3 is 2.31 bits per heavy atom. The lowest BCUT2D eigenvalue weighted by Crippen LogP contribution is -2.55. The van der Waals surface area contributed by atoms with Gasteiger partial charge in [0, 0.05) is 18.3 Å². The highest BCUT2D eigenvalue weighted by atomic mass is 19.4. The van der Waals surface area contributed by atoms with Crippen LogP contribution in [-0.4, -0.2) is 45.2 Å². The molecule has 2 aliphatic rings. The highest BCUT2D eigenvalue weighted by Crippen LogP contribution is 2.40. The van der Waals surface area contributed by atoms with Crippen molar-refractivity contribution < 1.29 is 36.6 Å². The Labute approximate surface area is 196 Å². The summed E-state index contributed by atoms with van der Waals surface area (Å²) in [6.07, 6.45) is -1.79. The van der Waals surface area contributed by atoms with Crippen LogP contribution in [0.4, 0.5) is 22.0 Å². The number of aromatic hydroxyl groups is 1. The van der Waals surface area contributed by atoms with E-state index in [4.69, 9.17) is 0 Å². The van der Waals surface area contributed by atoms with Crippen LogP contribution in [0.1, 0.15) is 63.7 Å². The second kappa shape index (κ2) is 8.97. The van der Waals surface area contributed by atoms with E-state index in [0.29, 0.717) is 29.7 Å². The molecule has 0 unspecified atom stereocenters. The Balaban J connectivity index is 1.70. The van der Waals surface area contributed by atoms with E-state index in [1.807, 2.05) is 0 Å². The molecule has 2 heterocycles. The van der Waals surface area contributed by atoms with Gasteiger partial charge in [-0.05, 0) is 37.5 Å². The van der Waals surface area contributed by atoms with Gasteiger partial charge >= 0.3 is 6.18 Å². The second-order valence-corrected chi connectivity index (χ2v) is 8.83. The van der Waals surface area contributed by atoms with Crippen LogP contribution >= 0.6 is 0 Å². The molecule has 2 aromatic rings. The molecule has 2 atom stereocenters. The molecule has 1 aromatic heterocycles. The van der Waals surface area contributed by atoms with Gasteiger partial charge in [-0.15, -0.1) is 0 Å². The molecule has 1 aliphatic carbocycles. The summed E-state index contributed by atoms with van der Waals surface area (Å²) in [4.78, 5) is 39.0. The van der Waals surface area contributed by atoms with E-state index in [9.17, 15) is 41.4 Å². The molecule has 1 aromatic carbocycles. The minimum atomic E-state index is -4.68. The van der Waals surface area contributed by atoms with Crippen LogP contribution in [0.5, 0.6) is 5.75 Å². The van der Waals surface area contributed by atoms with Gasteiger partial charge in [0.15, 0.2) is 11.4 Å². The number of benzene rings is 1. The number of aromatic nitrogens is 1. The largest absolute Gasteiger partial charge is 0.503 e. The zero-order valence-electron chi connectivity index (χ0n) is 18.6. The van der Waals surface area contributed by atoms with Crippen LogP contribution in [-0.2, 0) is 6.54 Å². The van der Waals surface area contributed by atoms with E-state index in [1.54, 1.807) is 0 Å². The summed E-state index contributed by atoms with van der Waals surface area (Å²) in [6.45, 7) is -0.638. The number of nitrogens with one attached hydrogen (secondary N) is 1. The molecular weight excluding hydrogens is 477 g/mol. The van der Waals surface area contributed by atoms with Gasteiger partial charge in [-0.25, -0.2) is 8.78 Å². The standard InChI is InChI=1S/C23H22F5N3O4/c1-11-6-14(24)12(15(25)7-11)8-29-21(34)13-9-30-16-4-2-3-5-17(16)31(10-23(26,27)28)22(35)18(30)20(33)19(13)32/h6-7,9,16-17,33H,2-5,8,10H2,1H3,(H,29,34)/t16-,17+/m0/s1. The number of hydrogen-bond acceptors (Lipinski definition) is 4. The first-order valence-corrected chi connectivity index (χ1v) is 11.0. The molecule has 188 valence electrons. The van der Waals surface area contributed by atoms with Crippen molar-refractivity contribution >= 4 is 11.8 Å². The summed E-state index contributed by atoms with van der Waals surface area (Å²) in [5.41, 5.74) is -2.58. The average molecular weight is 499 g/mol. The Kier molecular flexibility index (Phi) is 6.32. The van der Waals surface area contributed by atoms with E-state index >= 15 is 0 Å². The molecule has 0 bridgehead atoms. The molecule has 1 fully saturated rings. The van der Waals surface area contributed by atoms with E-state index in [2.05, 4.69) is 5.32 Å². The zero-order valence-corrected chi connectivity index (χ0v) is 18.6. The summed E-state index contributed by atoms with van der Waals surface area (Å²) < 4.78 is 68.9. The van der Waals surface area contributed by atoms with Crippen molar-refractivity contribution in [1.82, 2.24) is 14.8 Å². The van der Waals surface area contributed by atoms with Gasteiger partial charge in [0.2, 0.25) is 5.43 Å². The summed E-state index contributed by atoms with van der Waals surface area (Å²) in [7, 11) is 0. The van der Waals surface area contributed by atoms with Gasteiger partial charge in [0.1, 0.15) is 23.7 Å². The van der Waals surface area contributed by atoms with Crippen LogP contribution in [0, 0.1) is 18.6 Å². The van der Waals surface area contributed by atoms with Crippen molar-refractivity contribution in [3.05, 3.63) is 62.6 Å².